The number of aliphatic hydroxyl groups excluding tert-OH is 1. The van der Waals surface area contributed by atoms with Crippen LogP contribution in [0.1, 0.15) is 24.5 Å². The summed E-state index contributed by atoms with van der Waals surface area (Å²) in [4.78, 5) is 0. The van der Waals surface area contributed by atoms with Crippen LogP contribution in [-0.4, -0.2) is 38.6 Å². The Kier molecular flexibility index (Phi) is 8.48. The fraction of sp³-hybridized carbons (Fsp3) is 0.500. The van der Waals surface area contributed by atoms with Crippen LogP contribution in [-0.2, 0) is 16.1 Å². The number of hydrogen-bond acceptors (Lipinski definition) is 4. The monoisotopic (exact) mass is 278 g/mol. The lowest BCUT2D eigenvalue weighted by molar-refractivity contribution is 0.0408. The Morgan fingerprint density at radius 3 is 2.65 bits per heavy atom. The number of ether oxygens (including phenoxy) is 3. The van der Waals surface area contributed by atoms with Gasteiger partial charge in [0, 0.05) is 6.61 Å². The van der Waals surface area contributed by atoms with Crippen molar-refractivity contribution in [3.05, 3.63) is 29.3 Å². The number of hydrogen-bond donors (Lipinski definition) is 1. The van der Waals surface area contributed by atoms with E-state index in [0.717, 1.165) is 24.2 Å². The second kappa shape index (κ2) is 10.3. The molecule has 0 aliphatic carbocycles. The maximum Gasteiger partial charge on any atom is 0.134 e. The van der Waals surface area contributed by atoms with E-state index in [1.807, 2.05) is 18.2 Å². The third-order valence-electron chi connectivity index (χ3n) is 2.56. The standard InChI is InChI=1S/C16H22O4/c1-3-9-19-10-11-20-13-14-6-7-16(18-2)15(12-14)5-4-8-17/h6-7,12,17H,3,8-11,13H2,1-2H3. The van der Waals surface area contributed by atoms with Crippen LogP contribution in [0.4, 0.5) is 0 Å². The third kappa shape index (κ3) is 6.07. The van der Waals surface area contributed by atoms with Gasteiger partial charge in [-0.3, -0.25) is 0 Å². The summed E-state index contributed by atoms with van der Waals surface area (Å²) in [6.07, 6.45) is 1.02. The molecule has 20 heavy (non-hydrogen) atoms. The van der Waals surface area contributed by atoms with Crippen LogP contribution in [0.3, 0.4) is 0 Å². The maximum absolute atomic E-state index is 8.75. The van der Waals surface area contributed by atoms with Crippen LogP contribution < -0.4 is 4.74 Å². The Morgan fingerprint density at radius 1 is 1.15 bits per heavy atom. The zero-order valence-corrected chi connectivity index (χ0v) is 12.1. The zero-order chi connectivity index (χ0) is 14.6. The molecule has 0 radical (unpaired) electrons. The average Bonchev–Trinajstić information content (AvgIpc) is 2.48. The van der Waals surface area contributed by atoms with Crippen molar-refractivity contribution in [3.8, 4) is 17.6 Å². The minimum atomic E-state index is -0.168. The van der Waals surface area contributed by atoms with Gasteiger partial charge < -0.3 is 19.3 Å². The molecule has 0 aromatic heterocycles. The average molecular weight is 278 g/mol. The van der Waals surface area contributed by atoms with Crippen molar-refractivity contribution in [3.63, 3.8) is 0 Å². The quantitative estimate of drug-likeness (QED) is 0.583. The molecule has 4 heteroatoms. The van der Waals surface area contributed by atoms with Gasteiger partial charge in [-0.25, -0.2) is 0 Å². The Labute approximate surface area is 120 Å². The van der Waals surface area contributed by atoms with E-state index in [9.17, 15) is 0 Å². The molecule has 1 rings (SSSR count). The van der Waals surface area contributed by atoms with Gasteiger partial charge in [0.25, 0.3) is 0 Å². The molecule has 0 unspecified atom stereocenters. The highest BCUT2D eigenvalue weighted by atomic mass is 16.5. The molecule has 0 bridgehead atoms. The fourth-order valence-corrected chi connectivity index (χ4v) is 1.63. The lowest BCUT2D eigenvalue weighted by atomic mass is 10.1. The van der Waals surface area contributed by atoms with E-state index in [1.165, 1.54) is 0 Å². The van der Waals surface area contributed by atoms with Gasteiger partial charge in [0.1, 0.15) is 12.4 Å². The molecule has 4 nitrogen and oxygen atoms in total. The van der Waals surface area contributed by atoms with Gasteiger partial charge in [-0.2, -0.15) is 0 Å². The van der Waals surface area contributed by atoms with Crippen molar-refractivity contribution >= 4 is 0 Å². The first-order valence-electron chi connectivity index (χ1n) is 6.74. The first-order chi connectivity index (χ1) is 9.81. The van der Waals surface area contributed by atoms with Gasteiger partial charge in [0.2, 0.25) is 0 Å². The van der Waals surface area contributed by atoms with Gasteiger partial charge in [0.05, 0.1) is 32.5 Å². The molecule has 0 amide bonds. The second-order valence-corrected chi connectivity index (χ2v) is 4.16. The summed E-state index contributed by atoms with van der Waals surface area (Å²) in [5.41, 5.74) is 1.77. The smallest absolute Gasteiger partial charge is 0.134 e. The molecule has 1 N–H and O–H groups in total. The van der Waals surface area contributed by atoms with E-state index in [4.69, 9.17) is 19.3 Å². The van der Waals surface area contributed by atoms with Crippen molar-refractivity contribution in [2.24, 2.45) is 0 Å². The SMILES string of the molecule is CCCOCCOCc1ccc(OC)c(C#CCO)c1. The molecule has 0 spiro atoms. The first-order valence-corrected chi connectivity index (χ1v) is 6.74. The largest absolute Gasteiger partial charge is 0.495 e. The highest BCUT2D eigenvalue weighted by Gasteiger charge is 2.02. The molecular formula is C16H22O4. The Bertz CT molecular complexity index is 446. The molecule has 0 aliphatic rings. The van der Waals surface area contributed by atoms with Crippen molar-refractivity contribution < 1.29 is 19.3 Å². The van der Waals surface area contributed by atoms with Gasteiger partial charge >= 0.3 is 0 Å². The van der Waals surface area contributed by atoms with Crippen molar-refractivity contribution in [1.82, 2.24) is 0 Å². The summed E-state index contributed by atoms with van der Waals surface area (Å²) in [5, 5.41) is 8.75. The molecule has 110 valence electrons. The normalized spacial score (nSPS) is 9.95. The van der Waals surface area contributed by atoms with Gasteiger partial charge in [-0.15, -0.1) is 0 Å². The molecule has 0 saturated heterocycles. The summed E-state index contributed by atoms with van der Waals surface area (Å²) in [5.74, 6) is 6.18. The summed E-state index contributed by atoms with van der Waals surface area (Å²) >= 11 is 0. The first kappa shape index (κ1) is 16.5. The van der Waals surface area contributed by atoms with Crippen LogP contribution in [0.2, 0.25) is 0 Å². The summed E-state index contributed by atoms with van der Waals surface area (Å²) in [6, 6.07) is 5.71. The minimum Gasteiger partial charge on any atom is -0.495 e. The Balaban J connectivity index is 2.50. The van der Waals surface area contributed by atoms with E-state index >= 15 is 0 Å². The van der Waals surface area contributed by atoms with Gasteiger partial charge in [0.15, 0.2) is 0 Å². The minimum absolute atomic E-state index is 0.168. The number of aliphatic hydroxyl groups is 1. The van der Waals surface area contributed by atoms with Crippen LogP contribution >= 0.6 is 0 Å². The van der Waals surface area contributed by atoms with E-state index < -0.39 is 0 Å². The van der Waals surface area contributed by atoms with Gasteiger partial charge in [-0.1, -0.05) is 24.8 Å². The highest BCUT2D eigenvalue weighted by molar-refractivity contribution is 5.48. The van der Waals surface area contributed by atoms with Crippen molar-refractivity contribution in [1.29, 1.82) is 0 Å². The summed E-state index contributed by atoms with van der Waals surface area (Å²) < 4.78 is 16.1. The molecule has 0 atom stereocenters. The van der Waals surface area contributed by atoms with Crippen molar-refractivity contribution in [2.45, 2.75) is 20.0 Å². The topological polar surface area (TPSA) is 47.9 Å². The molecule has 1 aromatic carbocycles. The molecule has 0 heterocycles. The second-order valence-electron chi connectivity index (χ2n) is 4.16. The molecule has 0 aliphatic heterocycles. The molecule has 0 saturated carbocycles. The number of methoxy groups -OCH3 is 1. The Morgan fingerprint density at radius 2 is 1.95 bits per heavy atom. The van der Waals surface area contributed by atoms with Gasteiger partial charge in [-0.05, 0) is 24.1 Å². The predicted molar refractivity (Wildman–Crippen MR) is 77.7 cm³/mol. The number of rotatable bonds is 8. The summed E-state index contributed by atoms with van der Waals surface area (Å²) in [6.45, 7) is 4.37. The zero-order valence-electron chi connectivity index (χ0n) is 12.1. The van der Waals surface area contributed by atoms with Crippen LogP contribution in [0.15, 0.2) is 18.2 Å². The molecular weight excluding hydrogens is 256 g/mol. The predicted octanol–water partition coefficient (Wildman–Crippen LogP) is 1.98. The van der Waals surface area contributed by atoms with E-state index in [0.29, 0.717) is 25.6 Å². The number of benzene rings is 1. The van der Waals surface area contributed by atoms with E-state index in [-0.39, 0.29) is 6.61 Å². The third-order valence-corrected chi connectivity index (χ3v) is 2.56. The van der Waals surface area contributed by atoms with Crippen LogP contribution in [0.25, 0.3) is 0 Å². The van der Waals surface area contributed by atoms with E-state index in [1.54, 1.807) is 7.11 Å². The molecule has 1 aromatic rings. The lowest BCUT2D eigenvalue weighted by Crippen LogP contribution is -2.05. The van der Waals surface area contributed by atoms with Crippen molar-refractivity contribution in [2.75, 3.05) is 33.5 Å². The van der Waals surface area contributed by atoms with Crippen LogP contribution in [0, 0.1) is 11.8 Å². The molecule has 0 fully saturated rings. The lowest BCUT2D eigenvalue weighted by Gasteiger charge is -2.08. The van der Waals surface area contributed by atoms with Crippen LogP contribution in [0.5, 0.6) is 5.75 Å². The van der Waals surface area contributed by atoms with E-state index in [2.05, 4.69) is 18.8 Å². The Hall–Kier alpha value is -1.54. The fourth-order valence-electron chi connectivity index (χ4n) is 1.63. The maximum atomic E-state index is 8.75. The highest BCUT2D eigenvalue weighted by Crippen LogP contribution is 2.19. The summed E-state index contributed by atoms with van der Waals surface area (Å²) in [7, 11) is 1.60.